The van der Waals surface area contributed by atoms with Gasteiger partial charge in [0.25, 0.3) is 0 Å². The van der Waals surface area contributed by atoms with Crippen LogP contribution >= 0.6 is 0 Å². The highest BCUT2D eigenvalue weighted by molar-refractivity contribution is 5.72. The molecule has 0 bridgehead atoms. The number of aryl methyl sites for hydroxylation is 1. The van der Waals surface area contributed by atoms with Crippen molar-refractivity contribution in [3.8, 4) is 0 Å². The molecule has 1 unspecified atom stereocenters. The van der Waals surface area contributed by atoms with E-state index in [1.54, 1.807) is 18.9 Å². The molecule has 0 aliphatic heterocycles. The summed E-state index contributed by atoms with van der Waals surface area (Å²) in [5, 5.41) is 12.9. The number of hydrogen-bond donors (Lipinski definition) is 1. The fraction of sp³-hybridized carbons (Fsp3) is 0.400. The molecule has 0 radical (unpaired) electrons. The predicted octanol–water partition coefficient (Wildman–Crippen LogP) is 1.87. The van der Waals surface area contributed by atoms with E-state index < -0.39 is 12.0 Å². The van der Waals surface area contributed by atoms with Gasteiger partial charge in [0.05, 0.1) is 6.54 Å². The van der Waals surface area contributed by atoms with Gasteiger partial charge >= 0.3 is 5.97 Å². The second-order valence-electron chi connectivity index (χ2n) is 5.14. The Labute approximate surface area is 123 Å². The summed E-state index contributed by atoms with van der Waals surface area (Å²) >= 11 is 0. The van der Waals surface area contributed by atoms with E-state index in [4.69, 9.17) is 9.63 Å². The first-order valence-corrected chi connectivity index (χ1v) is 6.76. The van der Waals surface area contributed by atoms with Crippen molar-refractivity contribution in [2.45, 2.75) is 32.9 Å². The van der Waals surface area contributed by atoms with Crippen LogP contribution in [0.15, 0.2) is 28.8 Å². The van der Waals surface area contributed by atoms with Crippen molar-refractivity contribution in [3.63, 3.8) is 0 Å². The maximum Gasteiger partial charge on any atom is 0.320 e. The van der Waals surface area contributed by atoms with Crippen LogP contribution in [0.2, 0.25) is 0 Å². The standard InChI is InChI=1S/C15H19N3O3/c1-10-6-4-5-7-12(10)8-13-16-14(21-17-13)9-18(3)11(2)15(19)20/h4-7,11H,8-9H2,1-3H3,(H,19,20). The van der Waals surface area contributed by atoms with Crippen LogP contribution in [-0.4, -0.2) is 39.2 Å². The van der Waals surface area contributed by atoms with Crippen molar-refractivity contribution in [1.29, 1.82) is 0 Å². The number of carboxylic acids is 1. The third-order valence-corrected chi connectivity index (χ3v) is 3.52. The second-order valence-corrected chi connectivity index (χ2v) is 5.14. The van der Waals surface area contributed by atoms with Gasteiger partial charge in [-0.25, -0.2) is 0 Å². The topological polar surface area (TPSA) is 79.5 Å². The first-order valence-electron chi connectivity index (χ1n) is 6.76. The lowest BCUT2D eigenvalue weighted by atomic mass is 10.1. The highest BCUT2D eigenvalue weighted by Crippen LogP contribution is 2.12. The Bertz CT molecular complexity index is 624. The zero-order valence-electron chi connectivity index (χ0n) is 12.4. The fourth-order valence-electron chi connectivity index (χ4n) is 1.94. The van der Waals surface area contributed by atoms with Gasteiger partial charge in [-0.15, -0.1) is 0 Å². The summed E-state index contributed by atoms with van der Waals surface area (Å²) in [6.07, 6.45) is 0.606. The van der Waals surface area contributed by atoms with Gasteiger partial charge in [-0.3, -0.25) is 9.69 Å². The van der Waals surface area contributed by atoms with E-state index >= 15 is 0 Å². The molecular weight excluding hydrogens is 270 g/mol. The summed E-state index contributed by atoms with van der Waals surface area (Å²) in [7, 11) is 1.71. The minimum absolute atomic E-state index is 0.314. The van der Waals surface area contributed by atoms with Crippen LogP contribution in [-0.2, 0) is 17.8 Å². The third kappa shape index (κ3) is 3.88. The zero-order chi connectivity index (χ0) is 15.4. The molecule has 1 aromatic carbocycles. The van der Waals surface area contributed by atoms with Crippen LogP contribution in [0.4, 0.5) is 0 Å². The monoisotopic (exact) mass is 289 g/mol. The minimum atomic E-state index is -0.878. The Kier molecular flexibility index (Phi) is 4.70. The summed E-state index contributed by atoms with van der Waals surface area (Å²) < 4.78 is 5.18. The summed E-state index contributed by atoms with van der Waals surface area (Å²) in [5.41, 5.74) is 2.33. The van der Waals surface area contributed by atoms with Crippen molar-refractivity contribution in [1.82, 2.24) is 15.0 Å². The molecule has 0 amide bonds. The zero-order valence-corrected chi connectivity index (χ0v) is 12.4. The van der Waals surface area contributed by atoms with Crippen LogP contribution < -0.4 is 0 Å². The molecule has 1 atom stereocenters. The number of aromatic nitrogens is 2. The number of rotatable bonds is 6. The minimum Gasteiger partial charge on any atom is -0.480 e. The van der Waals surface area contributed by atoms with E-state index in [0.29, 0.717) is 24.7 Å². The first-order chi connectivity index (χ1) is 9.97. The molecule has 0 saturated carbocycles. The summed E-state index contributed by atoms with van der Waals surface area (Å²) in [6, 6.07) is 7.44. The highest BCUT2D eigenvalue weighted by atomic mass is 16.5. The Balaban J connectivity index is 2.02. The van der Waals surface area contributed by atoms with Crippen molar-refractivity contribution in [3.05, 3.63) is 47.1 Å². The smallest absolute Gasteiger partial charge is 0.320 e. The van der Waals surface area contributed by atoms with Gasteiger partial charge in [0.2, 0.25) is 5.89 Å². The molecule has 1 aromatic heterocycles. The Morgan fingerprint density at radius 1 is 1.43 bits per heavy atom. The van der Waals surface area contributed by atoms with E-state index in [1.807, 2.05) is 31.2 Å². The lowest BCUT2D eigenvalue weighted by Gasteiger charge is -2.18. The number of carboxylic acid groups (broad SMARTS) is 1. The van der Waals surface area contributed by atoms with Crippen molar-refractivity contribution in [2.75, 3.05) is 7.05 Å². The van der Waals surface area contributed by atoms with Gasteiger partial charge in [-0.2, -0.15) is 4.98 Å². The average Bonchev–Trinajstić information content (AvgIpc) is 2.87. The molecule has 0 aliphatic rings. The maximum absolute atomic E-state index is 10.9. The van der Waals surface area contributed by atoms with Gasteiger partial charge in [-0.05, 0) is 32.0 Å². The number of nitrogens with zero attached hydrogens (tertiary/aromatic N) is 3. The summed E-state index contributed by atoms with van der Waals surface area (Å²) in [4.78, 5) is 16.9. The SMILES string of the molecule is Cc1ccccc1Cc1noc(CN(C)C(C)C(=O)O)n1. The van der Waals surface area contributed by atoms with Crippen LogP contribution in [0.5, 0.6) is 0 Å². The molecule has 0 aliphatic carbocycles. The lowest BCUT2D eigenvalue weighted by molar-refractivity contribution is -0.142. The molecule has 6 heteroatoms. The van der Waals surface area contributed by atoms with Crippen molar-refractivity contribution in [2.24, 2.45) is 0 Å². The van der Waals surface area contributed by atoms with E-state index in [0.717, 1.165) is 5.56 Å². The summed E-state index contributed by atoms with van der Waals surface area (Å²) in [5.74, 6) is 0.155. The van der Waals surface area contributed by atoms with Gasteiger partial charge in [0.15, 0.2) is 5.82 Å². The Morgan fingerprint density at radius 3 is 2.81 bits per heavy atom. The molecule has 0 fully saturated rings. The van der Waals surface area contributed by atoms with Gasteiger partial charge < -0.3 is 9.63 Å². The number of benzene rings is 1. The molecule has 0 spiro atoms. The molecule has 21 heavy (non-hydrogen) atoms. The Hall–Kier alpha value is -2.21. The fourth-order valence-corrected chi connectivity index (χ4v) is 1.94. The highest BCUT2D eigenvalue weighted by Gasteiger charge is 2.19. The van der Waals surface area contributed by atoms with Crippen molar-refractivity contribution < 1.29 is 14.4 Å². The molecule has 2 rings (SSSR count). The largest absolute Gasteiger partial charge is 0.480 e. The Morgan fingerprint density at radius 2 is 2.14 bits per heavy atom. The molecule has 6 nitrogen and oxygen atoms in total. The number of hydrogen-bond acceptors (Lipinski definition) is 5. The molecule has 112 valence electrons. The third-order valence-electron chi connectivity index (χ3n) is 3.52. The number of carbonyl (C=O) groups is 1. The van der Waals surface area contributed by atoms with Gasteiger partial charge in [-0.1, -0.05) is 29.4 Å². The van der Waals surface area contributed by atoms with E-state index in [9.17, 15) is 4.79 Å². The van der Waals surface area contributed by atoms with E-state index in [1.165, 1.54) is 5.56 Å². The first kappa shape index (κ1) is 15.2. The van der Waals surface area contributed by atoms with Crippen molar-refractivity contribution >= 4 is 5.97 Å². The normalized spacial score (nSPS) is 12.6. The lowest BCUT2D eigenvalue weighted by Crippen LogP contribution is -2.35. The molecule has 1 N–H and O–H groups in total. The number of likely N-dealkylation sites (N-methyl/N-ethyl adjacent to an activating group) is 1. The van der Waals surface area contributed by atoms with E-state index in [-0.39, 0.29) is 0 Å². The van der Waals surface area contributed by atoms with Crippen LogP contribution in [0, 0.1) is 6.92 Å². The maximum atomic E-state index is 10.9. The van der Waals surface area contributed by atoms with Crippen LogP contribution in [0.1, 0.15) is 29.8 Å². The molecular formula is C15H19N3O3. The second kappa shape index (κ2) is 6.49. The average molecular weight is 289 g/mol. The van der Waals surface area contributed by atoms with Crippen LogP contribution in [0.3, 0.4) is 0 Å². The van der Waals surface area contributed by atoms with Gasteiger partial charge in [0, 0.05) is 6.42 Å². The number of aliphatic carboxylic acids is 1. The summed E-state index contributed by atoms with van der Waals surface area (Å²) in [6.45, 7) is 3.97. The molecule has 1 heterocycles. The molecule has 0 saturated heterocycles. The molecule has 2 aromatic rings. The quantitative estimate of drug-likeness (QED) is 0.874. The predicted molar refractivity (Wildman–Crippen MR) is 76.8 cm³/mol. The van der Waals surface area contributed by atoms with Crippen LogP contribution in [0.25, 0.3) is 0 Å². The van der Waals surface area contributed by atoms with Gasteiger partial charge in [0.1, 0.15) is 6.04 Å². The van der Waals surface area contributed by atoms with E-state index in [2.05, 4.69) is 10.1 Å².